The summed E-state index contributed by atoms with van der Waals surface area (Å²) in [5, 5.41) is 3.50. The van der Waals surface area contributed by atoms with Crippen molar-refractivity contribution in [1.82, 2.24) is 5.32 Å². The number of rotatable bonds is 6. The zero-order valence-corrected chi connectivity index (χ0v) is 13.5. The van der Waals surface area contributed by atoms with Crippen LogP contribution in [-0.4, -0.2) is 19.2 Å². The maximum atomic E-state index is 6.34. The Morgan fingerprint density at radius 2 is 1.90 bits per heavy atom. The molecule has 2 heteroatoms. The molecule has 2 atom stereocenters. The van der Waals surface area contributed by atoms with Crippen molar-refractivity contribution in [2.75, 3.05) is 7.05 Å². The Hall–Kier alpha value is -1.02. The second kappa shape index (κ2) is 6.39. The average Bonchev–Trinajstić information content (AvgIpc) is 3.03. The van der Waals surface area contributed by atoms with Gasteiger partial charge in [0.05, 0.1) is 0 Å². The molecule has 0 bridgehead atoms. The van der Waals surface area contributed by atoms with Crippen molar-refractivity contribution >= 4 is 0 Å². The fourth-order valence-electron chi connectivity index (χ4n) is 4.30. The highest BCUT2D eigenvalue weighted by Gasteiger charge is 2.56. The van der Waals surface area contributed by atoms with E-state index in [1.54, 1.807) is 0 Å². The van der Waals surface area contributed by atoms with Crippen molar-refractivity contribution in [3.05, 3.63) is 29.8 Å². The van der Waals surface area contributed by atoms with Crippen LogP contribution in [-0.2, 0) is 6.42 Å². The molecule has 0 aliphatic heterocycles. The van der Waals surface area contributed by atoms with E-state index in [9.17, 15) is 0 Å². The van der Waals surface area contributed by atoms with Crippen LogP contribution in [0.15, 0.2) is 24.3 Å². The number of hydrogen-bond acceptors (Lipinski definition) is 2. The minimum Gasteiger partial charge on any atom is -0.490 e. The number of benzene rings is 1. The van der Waals surface area contributed by atoms with Gasteiger partial charge in [0.2, 0.25) is 0 Å². The lowest BCUT2D eigenvalue weighted by Crippen LogP contribution is -2.63. The molecule has 0 amide bonds. The van der Waals surface area contributed by atoms with Crippen LogP contribution in [0.1, 0.15) is 57.4 Å². The quantitative estimate of drug-likeness (QED) is 0.841. The fraction of sp³-hybridized carbons (Fsp3) is 0.684. The molecule has 116 valence electrons. The first-order chi connectivity index (χ1) is 10.3. The summed E-state index contributed by atoms with van der Waals surface area (Å²) in [7, 11) is 2.10. The molecule has 2 fully saturated rings. The lowest BCUT2D eigenvalue weighted by Gasteiger charge is -2.53. The summed E-state index contributed by atoms with van der Waals surface area (Å²) in [6.07, 6.45) is 10.7. The Bertz CT molecular complexity index is 447. The molecular formula is C19H29NO. The van der Waals surface area contributed by atoms with Crippen LogP contribution in [0.5, 0.6) is 5.75 Å². The van der Waals surface area contributed by atoms with E-state index in [0.717, 1.165) is 12.2 Å². The summed E-state index contributed by atoms with van der Waals surface area (Å²) in [5.74, 6) is 1.06. The third kappa shape index (κ3) is 2.83. The Morgan fingerprint density at radius 1 is 1.19 bits per heavy atom. The summed E-state index contributed by atoms with van der Waals surface area (Å²) in [5.41, 5.74) is 1.84. The van der Waals surface area contributed by atoms with Crippen LogP contribution >= 0.6 is 0 Å². The Morgan fingerprint density at radius 3 is 2.52 bits per heavy atom. The van der Waals surface area contributed by atoms with E-state index in [2.05, 4.69) is 43.6 Å². The fourth-order valence-corrected chi connectivity index (χ4v) is 4.30. The molecule has 0 heterocycles. The highest BCUT2D eigenvalue weighted by atomic mass is 16.5. The number of ether oxygens (including phenoxy) is 1. The first-order valence-corrected chi connectivity index (χ1v) is 8.71. The summed E-state index contributed by atoms with van der Waals surface area (Å²) >= 11 is 0. The molecular weight excluding hydrogens is 258 g/mol. The van der Waals surface area contributed by atoms with Crippen molar-refractivity contribution in [2.24, 2.45) is 5.41 Å². The van der Waals surface area contributed by atoms with Gasteiger partial charge in [0.1, 0.15) is 11.9 Å². The molecule has 1 N–H and O–H groups in total. The number of aryl methyl sites for hydroxylation is 1. The van der Waals surface area contributed by atoms with Gasteiger partial charge >= 0.3 is 0 Å². The zero-order chi connectivity index (χ0) is 14.7. The summed E-state index contributed by atoms with van der Waals surface area (Å²) in [4.78, 5) is 0. The predicted octanol–water partition coefficient (Wildman–Crippen LogP) is 4.33. The number of unbranched alkanes of at least 4 members (excludes halogenated alkanes) is 1. The molecule has 1 spiro atoms. The van der Waals surface area contributed by atoms with Crippen molar-refractivity contribution < 1.29 is 4.74 Å². The SMILES string of the molecule is CCCCc1ccc(OC2CC(NC)C23CCCC3)cc1. The topological polar surface area (TPSA) is 21.3 Å². The van der Waals surface area contributed by atoms with Gasteiger partial charge in [-0.25, -0.2) is 0 Å². The molecule has 2 aliphatic carbocycles. The van der Waals surface area contributed by atoms with Gasteiger partial charge in [0, 0.05) is 17.9 Å². The molecule has 0 radical (unpaired) electrons. The van der Waals surface area contributed by atoms with Gasteiger partial charge in [-0.15, -0.1) is 0 Å². The Kier molecular flexibility index (Phi) is 4.54. The van der Waals surface area contributed by atoms with E-state index in [1.807, 2.05) is 0 Å². The van der Waals surface area contributed by atoms with Crippen LogP contribution < -0.4 is 10.1 Å². The minimum atomic E-state index is 0.412. The van der Waals surface area contributed by atoms with Gasteiger partial charge in [-0.2, -0.15) is 0 Å². The smallest absolute Gasteiger partial charge is 0.119 e. The Labute approximate surface area is 129 Å². The highest BCUT2D eigenvalue weighted by molar-refractivity contribution is 5.28. The molecule has 1 aromatic rings. The van der Waals surface area contributed by atoms with E-state index in [0.29, 0.717) is 17.6 Å². The van der Waals surface area contributed by atoms with Crippen molar-refractivity contribution in [1.29, 1.82) is 0 Å². The molecule has 2 aliphatic rings. The highest BCUT2D eigenvalue weighted by Crippen LogP contribution is 2.54. The first-order valence-electron chi connectivity index (χ1n) is 8.71. The van der Waals surface area contributed by atoms with Crippen molar-refractivity contribution in [3.8, 4) is 5.75 Å². The van der Waals surface area contributed by atoms with E-state index in [4.69, 9.17) is 4.74 Å². The van der Waals surface area contributed by atoms with Crippen molar-refractivity contribution in [2.45, 2.75) is 70.4 Å². The van der Waals surface area contributed by atoms with Gasteiger partial charge in [0.25, 0.3) is 0 Å². The van der Waals surface area contributed by atoms with E-state index in [-0.39, 0.29) is 0 Å². The van der Waals surface area contributed by atoms with Crippen LogP contribution in [0.3, 0.4) is 0 Å². The maximum absolute atomic E-state index is 6.34. The van der Waals surface area contributed by atoms with Gasteiger partial charge < -0.3 is 10.1 Å². The summed E-state index contributed by atoms with van der Waals surface area (Å²) in [6.45, 7) is 2.24. The summed E-state index contributed by atoms with van der Waals surface area (Å²) in [6, 6.07) is 9.47. The third-order valence-corrected chi connectivity index (χ3v) is 5.69. The monoisotopic (exact) mass is 287 g/mol. The van der Waals surface area contributed by atoms with E-state index >= 15 is 0 Å². The Balaban J connectivity index is 1.61. The molecule has 0 saturated heterocycles. The van der Waals surface area contributed by atoms with Gasteiger partial charge in [-0.3, -0.25) is 0 Å². The average molecular weight is 287 g/mol. The largest absolute Gasteiger partial charge is 0.490 e. The normalized spacial score (nSPS) is 26.8. The van der Waals surface area contributed by atoms with E-state index in [1.165, 1.54) is 50.5 Å². The van der Waals surface area contributed by atoms with E-state index < -0.39 is 0 Å². The molecule has 1 aromatic carbocycles. The van der Waals surface area contributed by atoms with Gasteiger partial charge in [-0.1, -0.05) is 38.3 Å². The molecule has 2 unspecified atom stereocenters. The molecule has 3 rings (SSSR count). The van der Waals surface area contributed by atoms with Gasteiger partial charge in [0.15, 0.2) is 0 Å². The number of nitrogens with one attached hydrogen (secondary N) is 1. The molecule has 2 saturated carbocycles. The lowest BCUT2D eigenvalue weighted by molar-refractivity contribution is -0.0736. The van der Waals surface area contributed by atoms with Crippen LogP contribution in [0, 0.1) is 5.41 Å². The lowest BCUT2D eigenvalue weighted by atomic mass is 9.60. The summed E-state index contributed by atoms with van der Waals surface area (Å²) < 4.78 is 6.34. The zero-order valence-electron chi connectivity index (χ0n) is 13.5. The van der Waals surface area contributed by atoms with Crippen LogP contribution in [0.4, 0.5) is 0 Å². The minimum absolute atomic E-state index is 0.412. The van der Waals surface area contributed by atoms with Crippen LogP contribution in [0.2, 0.25) is 0 Å². The van der Waals surface area contributed by atoms with Gasteiger partial charge in [-0.05, 0) is 50.4 Å². The second-order valence-electron chi connectivity index (χ2n) is 6.87. The molecule has 2 nitrogen and oxygen atoms in total. The molecule has 0 aromatic heterocycles. The second-order valence-corrected chi connectivity index (χ2v) is 6.87. The third-order valence-electron chi connectivity index (χ3n) is 5.69. The molecule has 21 heavy (non-hydrogen) atoms. The maximum Gasteiger partial charge on any atom is 0.119 e. The van der Waals surface area contributed by atoms with Crippen LogP contribution in [0.25, 0.3) is 0 Å². The first kappa shape index (κ1) is 14.9. The van der Waals surface area contributed by atoms with Crippen molar-refractivity contribution in [3.63, 3.8) is 0 Å². The standard InChI is InChI=1S/C19H29NO/c1-3-4-7-15-8-10-16(11-9-15)21-18-14-17(20-2)19(18)12-5-6-13-19/h8-11,17-18,20H,3-7,12-14H2,1-2H3. The predicted molar refractivity (Wildman–Crippen MR) is 87.8 cm³/mol. The number of hydrogen-bond donors (Lipinski definition) is 1.